The molecule has 1 fully saturated rings. The number of aliphatic hydroxyl groups excluding tert-OH is 1. The first-order valence-electron chi connectivity index (χ1n) is 11.6. The molecular weight excluding hydrogens is 460 g/mol. The lowest BCUT2D eigenvalue weighted by Gasteiger charge is -2.25. The van der Waals surface area contributed by atoms with E-state index in [1.54, 1.807) is 55.9 Å². The number of aromatic nitrogens is 1. The number of pyridine rings is 1. The summed E-state index contributed by atoms with van der Waals surface area (Å²) in [5, 5.41) is 11.4. The zero-order chi connectivity index (χ0) is 25.8. The molecule has 1 amide bonds. The Balaban J connectivity index is 1.89. The Hall–Kier alpha value is -4.33. The Bertz CT molecular complexity index is 1320. The lowest BCUT2D eigenvalue weighted by Crippen LogP contribution is -2.29. The van der Waals surface area contributed by atoms with Crippen molar-refractivity contribution in [2.45, 2.75) is 26.4 Å². The first-order valence-corrected chi connectivity index (χ1v) is 11.6. The maximum Gasteiger partial charge on any atom is 0.295 e. The summed E-state index contributed by atoms with van der Waals surface area (Å²) in [6, 6.07) is 13.2. The van der Waals surface area contributed by atoms with Gasteiger partial charge in [-0.2, -0.15) is 0 Å². The van der Waals surface area contributed by atoms with Crippen LogP contribution in [0, 0.1) is 6.92 Å². The van der Waals surface area contributed by atoms with Gasteiger partial charge in [-0.05, 0) is 61.4 Å². The molecule has 8 heteroatoms. The van der Waals surface area contributed by atoms with Crippen molar-refractivity contribution >= 4 is 17.4 Å². The number of Topliss-reactive ketones (excluding diaryl/α,β-unsaturated/α-hetero) is 1. The molecule has 1 aromatic heterocycles. The quantitative estimate of drug-likeness (QED) is 0.293. The third-order valence-corrected chi connectivity index (χ3v) is 6.14. The molecule has 1 aliphatic heterocycles. The van der Waals surface area contributed by atoms with Gasteiger partial charge in [0.05, 0.1) is 39.0 Å². The van der Waals surface area contributed by atoms with Crippen LogP contribution in [0.4, 0.5) is 0 Å². The summed E-state index contributed by atoms with van der Waals surface area (Å²) in [5.41, 5.74) is 2.64. The van der Waals surface area contributed by atoms with E-state index in [0.717, 1.165) is 11.1 Å². The minimum atomic E-state index is -0.836. The number of carbonyl (C=O) groups excluding carboxylic acids is 2. The van der Waals surface area contributed by atoms with E-state index in [4.69, 9.17) is 14.2 Å². The van der Waals surface area contributed by atoms with Gasteiger partial charge in [-0.15, -0.1) is 0 Å². The van der Waals surface area contributed by atoms with Crippen LogP contribution in [0.5, 0.6) is 17.2 Å². The standard InChI is InChI=1S/C28H28N2O6/c1-5-36-22-11-8-19(14-23(22)35-4)25-24(26(31)20-9-10-21(34-3)17(2)13-20)27(32)28(33)30(25)16-18-7-6-12-29-15-18/h6-15,25,31H,5,16H2,1-4H3/p+1. The number of benzene rings is 2. The average Bonchev–Trinajstić information content (AvgIpc) is 3.14. The van der Waals surface area contributed by atoms with Gasteiger partial charge in [-0.3, -0.25) is 9.59 Å². The number of rotatable bonds is 8. The van der Waals surface area contributed by atoms with Crippen LogP contribution in [0.2, 0.25) is 0 Å². The summed E-state index contributed by atoms with van der Waals surface area (Å²) in [6.45, 7) is 4.33. The van der Waals surface area contributed by atoms with E-state index in [1.807, 2.05) is 26.0 Å². The van der Waals surface area contributed by atoms with Gasteiger partial charge < -0.3 is 24.2 Å². The molecule has 0 spiro atoms. The van der Waals surface area contributed by atoms with E-state index in [1.165, 1.54) is 12.0 Å². The minimum absolute atomic E-state index is 0.00990. The number of aliphatic hydroxyl groups is 1. The molecule has 0 aliphatic carbocycles. The van der Waals surface area contributed by atoms with E-state index >= 15 is 0 Å². The van der Waals surface area contributed by atoms with Crippen molar-refractivity contribution in [3.05, 3.63) is 88.8 Å². The van der Waals surface area contributed by atoms with Crippen molar-refractivity contribution in [2.24, 2.45) is 0 Å². The highest BCUT2D eigenvalue weighted by molar-refractivity contribution is 6.46. The smallest absolute Gasteiger partial charge is 0.295 e. The number of hydrogen-bond acceptors (Lipinski definition) is 6. The van der Waals surface area contributed by atoms with Gasteiger partial charge in [0.25, 0.3) is 11.7 Å². The van der Waals surface area contributed by atoms with Gasteiger partial charge in [0, 0.05) is 17.2 Å². The number of carbonyl (C=O) groups is 2. The highest BCUT2D eigenvalue weighted by Crippen LogP contribution is 2.43. The Kier molecular flexibility index (Phi) is 7.24. The molecule has 1 unspecified atom stereocenters. The predicted molar refractivity (Wildman–Crippen MR) is 133 cm³/mol. The summed E-state index contributed by atoms with van der Waals surface area (Å²) in [5.74, 6) is -0.0288. The molecule has 186 valence electrons. The van der Waals surface area contributed by atoms with Crippen LogP contribution < -0.4 is 19.2 Å². The van der Waals surface area contributed by atoms with Crippen molar-refractivity contribution in [1.82, 2.24) is 4.90 Å². The van der Waals surface area contributed by atoms with Gasteiger partial charge in [0.2, 0.25) is 0 Å². The fourth-order valence-corrected chi connectivity index (χ4v) is 4.43. The first-order chi connectivity index (χ1) is 17.4. The molecule has 0 radical (unpaired) electrons. The second kappa shape index (κ2) is 10.5. The number of H-pyrrole nitrogens is 1. The number of nitrogens with one attached hydrogen (secondary N) is 1. The number of aryl methyl sites for hydroxylation is 1. The van der Waals surface area contributed by atoms with Crippen LogP contribution in [0.25, 0.3) is 5.76 Å². The molecule has 0 bridgehead atoms. The number of aromatic amines is 1. The monoisotopic (exact) mass is 489 g/mol. The number of ketones is 1. The number of ether oxygens (including phenoxy) is 3. The minimum Gasteiger partial charge on any atom is -0.507 e. The van der Waals surface area contributed by atoms with Crippen LogP contribution in [0.1, 0.15) is 35.2 Å². The van der Waals surface area contributed by atoms with Crippen LogP contribution in [0.15, 0.2) is 66.5 Å². The highest BCUT2D eigenvalue weighted by atomic mass is 16.5. The second-order valence-corrected chi connectivity index (χ2v) is 8.37. The van der Waals surface area contributed by atoms with Crippen molar-refractivity contribution in [3.8, 4) is 17.2 Å². The Morgan fingerprint density at radius 1 is 1.03 bits per heavy atom. The van der Waals surface area contributed by atoms with Crippen LogP contribution >= 0.6 is 0 Å². The average molecular weight is 490 g/mol. The van der Waals surface area contributed by atoms with Crippen molar-refractivity contribution in [3.63, 3.8) is 0 Å². The molecule has 1 aliphatic rings. The summed E-state index contributed by atoms with van der Waals surface area (Å²) >= 11 is 0. The van der Waals surface area contributed by atoms with Crippen LogP contribution in [0.3, 0.4) is 0 Å². The van der Waals surface area contributed by atoms with Crippen LogP contribution in [-0.2, 0) is 16.1 Å². The van der Waals surface area contributed by atoms with Crippen molar-refractivity contribution < 1.29 is 33.9 Å². The molecule has 1 saturated heterocycles. The summed E-state index contributed by atoms with van der Waals surface area (Å²) in [7, 11) is 3.09. The summed E-state index contributed by atoms with van der Waals surface area (Å²) in [4.78, 5) is 31.1. The maximum absolute atomic E-state index is 13.3. The lowest BCUT2D eigenvalue weighted by atomic mass is 9.94. The zero-order valence-electron chi connectivity index (χ0n) is 20.7. The molecule has 2 aromatic carbocycles. The topological polar surface area (TPSA) is 99.4 Å². The molecule has 2 N–H and O–H groups in total. The number of hydrogen-bond donors (Lipinski definition) is 1. The number of methoxy groups -OCH3 is 2. The number of amides is 1. The maximum atomic E-state index is 13.3. The SMILES string of the molecule is CCOc1ccc(C2C(=C(O)c3ccc(OC)c(C)c3)C(=O)C(=O)N2Cc2ccc[nH+]c2)cc1OC. The van der Waals surface area contributed by atoms with E-state index < -0.39 is 17.7 Å². The molecule has 3 aromatic rings. The van der Waals surface area contributed by atoms with Gasteiger partial charge in [-0.1, -0.05) is 6.07 Å². The van der Waals surface area contributed by atoms with E-state index in [-0.39, 0.29) is 17.9 Å². The highest BCUT2D eigenvalue weighted by Gasteiger charge is 2.46. The number of likely N-dealkylation sites (tertiary alicyclic amines) is 1. The summed E-state index contributed by atoms with van der Waals surface area (Å²) in [6.07, 6.45) is 3.53. The Morgan fingerprint density at radius 2 is 1.78 bits per heavy atom. The van der Waals surface area contributed by atoms with Crippen molar-refractivity contribution in [2.75, 3.05) is 20.8 Å². The fourth-order valence-electron chi connectivity index (χ4n) is 4.43. The van der Waals surface area contributed by atoms with E-state index in [0.29, 0.717) is 35.0 Å². The third kappa shape index (κ3) is 4.62. The first kappa shape index (κ1) is 24.8. The zero-order valence-corrected chi connectivity index (χ0v) is 20.7. The third-order valence-electron chi connectivity index (χ3n) is 6.14. The Morgan fingerprint density at radius 3 is 2.42 bits per heavy atom. The van der Waals surface area contributed by atoms with Gasteiger partial charge in [0.15, 0.2) is 23.9 Å². The van der Waals surface area contributed by atoms with Gasteiger partial charge in [-0.25, -0.2) is 4.98 Å². The normalized spacial score (nSPS) is 16.8. The lowest BCUT2D eigenvalue weighted by molar-refractivity contribution is -0.378. The largest absolute Gasteiger partial charge is 0.507 e. The molecule has 36 heavy (non-hydrogen) atoms. The fraction of sp³-hybridized carbons (Fsp3) is 0.250. The molecular formula is C28H29N2O6+. The molecule has 0 saturated carbocycles. The van der Waals surface area contributed by atoms with Crippen molar-refractivity contribution in [1.29, 1.82) is 0 Å². The number of nitrogens with zero attached hydrogens (tertiary/aromatic N) is 1. The van der Waals surface area contributed by atoms with Gasteiger partial charge >= 0.3 is 0 Å². The Labute approximate surface area is 209 Å². The summed E-state index contributed by atoms with van der Waals surface area (Å²) < 4.78 is 16.5. The molecule has 1 atom stereocenters. The molecule has 8 nitrogen and oxygen atoms in total. The predicted octanol–water partition coefficient (Wildman–Crippen LogP) is 3.85. The second-order valence-electron chi connectivity index (χ2n) is 8.37. The molecule has 4 rings (SSSR count). The van der Waals surface area contributed by atoms with Gasteiger partial charge in [0.1, 0.15) is 11.5 Å². The van der Waals surface area contributed by atoms with E-state index in [2.05, 4.69) is 4.98 Å². The van der Waals surface area contributed by atoms with Crippen LogP contribution in [-0.4, -0.2) is 42.5 Å². The van der Waals surface area contributed by atoms with E-state index in [9.17, 15) is 14.7 Å². The molecule has 2 heterocycles.